The van der Waals surface area contributed by atoms with Crippen LogP contribution in [0.5, 0.6) is 0 Å². The van der Waals surface area contributed by atoms with Crippen molar-refractivity contribution >= 4 is 18.1 Å². The van der Waals surface area contributed by atoms with Crippen LogP contribution < -0.4 is 16.8 Å². The van der Waals surface area contributed by atoms with E-state index in [2.05, 4.69) is 10.3 Å². The number of hydrogen-bond acceptors (Lipinski definition) is 4. The lowest BCUT2D eigenvalue weighted by Gasteiger charge is -2.27. The summed E-state index contributed by atoms with van der Waals surface area (Å²) in [5.41, 5.74) is 13.0. The fraction of sp³-hybridized carbons (Fsp3) is 0.474. The summed E-state index contributed by atoms with van der Waals surface area (Å²) in [5.74, 6) is -1.15. The predicted octanol–water partition coefficient (Wildman–Crippen LogP) is 2.58. The van der Waals surface area contributed by atoms with Gasteiger partial charge in [-0.3, -0.25) is 4.79 Å². The Bertz CT molecular complexity index is 908. The molecule has 0 aliphatic heterocycles. The molecule has 0 saturated carbocycles. The Labute approximate surface area is 167 Å². The summed E-state index contributed by atoms with van der Waals surface area (Å²) in [6.07, 6.45) is 4.62. The zero-order valence-corrected chi connectivity index (χ0v) is 16.3. The summed E-state index contributed by atoms with van der Waals surface area (Å²) >= 11 is 5.40. The molecule has 1 unspecified atom stereocenters. The highest BCUT2D eigenvalue weighted by Gasteiger charge is 2.25. The molecule has 1 amide bonds. The number of hydrogen-bond donors (Lipinski definition) is 4. The summed E-state index contributed by atoms with van der Waals surface area (Å²) in [5, 5.41) is 2.88. The van der Waals surface area contributed by atoms with E-state index in [4.69, 9.17) is 23.7 Å². The van der Waals surface area contributed by atoms with E-state index >= 15 is 0 Å². The number of nitrogens with zero attached hydrogens (tertiary/aromatic N) is 1. The Morgan fingerprint density at radius 1 is 1.39 bits per heavy atom. The Hall–Kier alpha value is -2.10. The first-order chi connectivity index (χ1) is 13.3. The topological polar surface area (TPSA) is 102 Å². The van der Waals surface area contributed by atoms with Crippen LogP contribution in [0.15, 0.2) is 18.3 Å². The van der Waals surface area contributed by atoms with Crippen LogP contribution >= 0.6 is 12.2 Å². The van der Waals surface area contributed by atoms with Gasteiger partial charge in [-0.05, 0) is 61.5 Å². The second-order valence-electron chi connectivity index (χ2n) is 7.21. The van der Waals surface area contributed by atoms with Crippen LogP contribution in [0.3, 0.4) is 0 Å². The molecule has 1 aliphatic rings. The lowest BCUT2D eigenvalue weighted by molar-refractivity contribution is -0.121. The van der Waals surface area contributed by atoms with Gasteiger partial charge in [-0.25, -0.2) is 8.78 Å². The van der Waals surface area contributed by atoms with E-state index in [1.54, 1.807) is 6.20 Å². The molecule has 0 spiro atoms. The fourth-order valence-corrected chi connectivity index (χ4v) is 4.06. The Morgan fingerprint density at radius 2 is 2.18 bits per heavy atom. The second kappa shape index (κ2) is 8.93. The summed E-state index contributed by atoms with van der Waals surface area (Å²) in [6, 6.07) is 2.30. The number of H-pyrrole nitrogens is 1. The SMILES string of the molecule is NC(N)CCCC(=O)NCc1c[nH]c(=S)n1C1CCc2c(F)cc(F)cc2C1. The third-order valence-corrected chi connectivity index (χ3v) is 5.41. The van der Waals surface area contributed by atoms with Gasteiger partial charge >= 0.3 is 0 Å². The van der Waals surface area contributed by atoms with Crippen molar-refractivity contribution in [1.29, 1.82) is 0 Å². The number of aromatic amines is 1. The zero-order chi connectivity index (χ0) is 20.3. The van der Waals surface area contributed by atoms with Gasteiger partial charge in [-0.15, -0.1) is 0 Å². The number of amides is 1. The minimum absolute atomic E-state index is 0.0189. The molecule has 0 saturated heterocycles. The monoisotopic (exact) mass is 409 g/mol. The van der Waals surface area contributed by atoms with Gasteiger partial charge in [0.1, 0.15) is 11.6 Å². The van der Waals surface area contributed by atoms with Gasteiger partial charge in [-0.1, -0.05) is 0 Å². The van der Waals surface area contributed by atoms with E-state index < -0.39 is 17.8 Å². The molecule has 6 N–H and O–H groups in total. The van der Waals surface area contributed by atoms with E-state index in [0.717, 1.165) is 11.8 Å². The first-order valence-electron chi connectivity index (χ1n) is 9.38. The largest absolute Gasteiger partial charge is 0.350 e. The summed E-state index contributed by atoms with van der Waals surface area (Å²) in [6.45, 7) is 0.321. The summed E-state index contributed by atoms with van der Waals surface area (Å²) in [4.78, 5) is 15.0. The Balaban J connectivity index is 1.68. The maximum atomic E-state index is 14.0. The molecular formula is C19H25F2N5OS. The zero-order valence-electron chi connectivity index (χ0n) is 15.5. The number of imidazole rings is 1. The maximum Gasteiger partial charge on any atom is 0.220 e. The van der Waals surface area contributed by atoms with Gasteiger partial charge in [0.15, 0.2) is 4.77 Å². The third kappa shape index (κ3) is 4.84. The number of benzene rings is 1. The van der Waals surface area contributed by atoms with Gasteiger partial charge in [0, 0.05) is 24.7 Å². The molecule has 1 heterocycles. The van der Waals surface area contributed by atoms with E-state index in [1.165, 1.54) is 6.07 Å². The molecule has 1 aromatic carbocycles. The highest BCUT2D eigenvalue weighted by atomic mass is 32.1. The average molecular weight is 410 g/mol. The van der Waals surface area contributed by atoms with Crippen LogP contribution in [0.25, 0.3) is 0 Å². The average Bonchev–Trinajstić information content (AvgIpc) is 2.99. The molecule has 1 aromatic heterocycles. The van der Waals surface area contributed by atoms with Gasteiger partial charge < -0.3 is 26.3 Å². The van der Waals surface area contributed by atoms with Crippen LogP contribution in [-0.4, -0.2) is 21.6 Å². The number of nitrogens with two attached hydrogens (primary N) is 2. The number of carbonyl (C=O) groups excluding carboxylic acids is 1. The molecule has 0 radical (unpaired) electrons. The summed E-state index contributed by atoms with van der Waals surface area (Å²) in [7, 11) is 0. The quantitative estimate of drug-likeness (QED) is 0.417. The lowest BCUT2D eigenvalue weighted by Crippen LogP contribution is -2.31. The minimum atomic E-state index is -0.570. The number of carbonyl (C=O) groups is 1. The van der Waals surface area contributed by atoms with Gasteiger partial charge in [-0.2, -0.15) is 0 Å². The number of aromatic nitrogens is 2. The Morgan fingerprint density at radius 3 is 2.93 bits per heavy atom. The molecule has 1 aliphatic carbocycles. The molecule has 6 nitrogen and oxygen atoms in total. The molecular weight excluding hydrogens is 384 g/mol. The molecule has 1 atom stereocenters. The van der Waals surface area contributed by atoms with Crippen molar-refractivity contribution < 1.29 is 13.6 Å². The van der Waals surface area contributed by atoms with Crippen LogP contribution in [0.2, 0.25) is 0 Å². The predicted molar refractivity (Wildman–Crippen MR) is 105 cm³/mol. The van der Waals surface area contributed by atoms with E-state index in [-0.39, 0.29) is 11.9 Å². The highest BCUT2D eigenvalue weighted by Crippen LogP contribution is 2.32. The first kappa shape index (κ1) is 20.6. The molecule has 0 fully saturated rings. The maximum absolute atomic E-state index is 14.0. The van der Waals surface area contributed by atoms with Crippen molar-refractivity contribution in [3.05, 3.63) is 51.6 Å². The number of halogens is 2. The number of nitrogens with one attached hydrogen (secondary N) is 2. The van der Waals surface area contributed by atoms with E-state index in [0.29, 0.717) is 61.0 Å². The van der Waals surface area contributed by atoms with Crippen LogP contribution in [-0.2, 0) is 24.2 Å². The van der Waals surface area contributed by atoms with Crippen molar-refractivity contribution in [2.24, 2.45) is 11.5 Å². The van der Waals surface area contributed by atoms with Crippen molar-refractivity contribution in [3.63, 3.8) is 0 Å². The number of fused-ring (bicyclic) bond motifs is 1. The molecule has 28 heavy (non-hydrogen) atoms. The van der Waals surface area contributed by atoms with E-state index in [1.807, 2.05) is 4.57 Å². The van der Waals surface area contributed by atoms with Crippen molar-refractivity contribution in [1.82, 2.24) is 14.9 Å². The van der Waals surface area contributed by atoms with Crippen LogP contribution in [0.4, 0.5) is 8.78 Å². The van der Waals surface area contributed by atoms with Gasteiger partial charge in [0.25, 0.3) is 0 Å². The normalized spacial score (nSPS) is 16.2. The lowest BCUT2D eigenvalue weighted by atomic mass is 9.87. The highest BCUT2D eigenvalue weighted by molar-refractivity contribution is 7.71. The van der Waals surface area contributed by atoms with Crippen LogP contribution in [0, 0.1) is 16.4 Å². The fourth-order valence-electron chi connectivity index (χ4n) is 3.73. The van der Waals surface area contributed by atoms with Crippen LogP contribution in [0.1, 0.15) is 48.5 Å². The van der Waals surface area contributed by atoms with Crippen molar-refractivity contribution in [2.75, 3.05) is 0 Å². The second-order valence-corrected chi connectivity index (χ2v) is 7.60. The minimum Gasteiger partial charge on any atom is -0.350 e. The molecule has 152 valence electrons. The molecule has 2 aromatic rings. The van der Waals surface area contributed by atoms with Gasteiger partial charge in [0.05, 0.1) is 18.4 Å². The molecule has 3 rings (SSSR count). The van der Waals surface area contributed by atoms with E-state index in [9.17, 15) is 13.6 Å². The summed E-state index contributed by atoms with van der Waals surface area (Å²) < 4.78 is 30.1. The van der Waals surface area contributed by atoms with Gasteiger partial charge in [0.2, 0.25) is 5.91 Å². The molecule has 9 heteroatoms. The van der Waals surface area contributed by atoms with Crippen molar-refractivity contribution in [3.8, 4) is 0 Å². The first-order valence-corrected chi connectivity index (χ1v) is 9.79. The standard InChI is InChI=1S/C19H25F2N5OS/c20-12-6-11-7-13(4-5-15(11)16(21)8-12)26-14(10-25-19(26)28)9-24-18(27)3-1-2-17(22)23/h6,8,10,13,17H,1-5,7,9,22-23H2,(H,24,27)(H,25,28). The van der Waals surface area contributed by atoms with Crippen molar-refractivity contribution in [2.45, 2.75) is 57.3 Å². The Kier molecular flexibility index (Phi) is 6.58. The smallest absolute Gasteiger partial charge is 0.220 e. The molecule has 0 bridgehead atoms. The number of rotatable bonds is 7. The third-order valence-electron chi connectivity index (χ3n) is 5.10.